The lowest BCUT2D eigenvalue weighted by atomic mass is 10.1. The summed E-state index contributed by atoms with van der Waals surface area (Å²) in [7, 11) is 1.82. The van der Waals surface area contributed by atoms with Crippen LogP contribution in [-0.2, 0) is 6.54 Å². The van der Waals surface area contributed by atoms with E-state index >= 15 is 0 Å². The van der Waals surface area contributed by atoms with Gasteiger partial charge in [-0.3, -0.25) is 9.36 Å². The largest absolute Gasteiger partial charge is 0.383 e. The Labute approximate surface area is 207 Å². The minimum absolute atomic E-state index is 0.165. The van der Waals surface area contributed by atoms with Gasteiger partial charge < -0.3 is 11.1 Å². The van der Waals surface area contributed by atoms with Crippen molar-refractivity contribution in [1.29, 1.82) is 0 Å². The van der Waals surface area contributed by atoms with Crippen molar-refractivity contribution in [3.8, 4) is 17.5 Å². The average Bonchev–Trinajstić information content (AvgIpc) is 3.23. The standard InChI is InChI=1S/C27H24N8O/c1-4-18-10-7-11-19-23(18)27(36)35(21-13-6-5-9-17(21)2)22(32-19)15-34-26-24(25(28)30-16-31-26)20(33-34)12-8-14-29-3/h4-7,9-11,13,16,29H,1,14-15H2,2-3H3,(H2,28,30,31). The highest BCUT2D eigenvalue weighted by Gasteiger charge is 2.20. The van der Waals surface area contributed by atoms with Gasteiger partial charge in [-0.15, -0.1) is 0 Å². The van der Waals surface area contributed by atoms with Gasteiger partial charge in [0.1, 0.15) is 30.2 Å². The molecule has 0 saturated carbocycles. The molecule has 0 bridgehead atoms. The number of hydrogen-bond acceptors (Lipinski definition) is 7. The van der Waals surface area contributed by atoms with Crippen LogP contribution in [0.2, 0.25) is 0 Å². The fourth-order valence-electron chi connectivity index (χ4n) is 4.22. The maximum absolute atomic E-state index is 13.9. The summed E-state index contributed by atoms with van der Waals surface area (Å²) < 4.78 is 3.30. The first-order valence-corrected chi connectivity index (χ1v) is 11.4. The normalized spacial score (nSPS) is 10.9. The van der Waals surface area contributed by atoms with E-state index < -0.39 is 0 Å². The molecule has 5 rings (SSSR count). The van der Waals surface area contributed by atoms with Crippen LogP contribution in [0.4, 0.5) is 5.82 Å². The highest BCUT2D eigenvalue weighted by molar-refractivity contribution is 5.90. The Bertz CT molecular complexity index is 1750. The van der Waals surface area contributed by atoms with Gasteiger partial charge in [0.15, 0.2) is 5.65 Å². The summed E-state index contributed by atoms with van der Waals surface area (Å²) in [6.07, 6.45) is 3.06. The zero-order valence-electron chi connectivity index (χ0n) is 20.0. The Balaban J connectivity index is 1.78. The van der Waals surface area contributed by atoms with Crippen molar-refractivity contribution in [2.24, 2.45) is 0 Å². The molecule has 0 unspecified atom stereocenters. The first-order valence-electron chi connectivity index (χ1n) is 11.4. The third-order valence-corrected chi connectivity index (χ3v) is 5.90. The topological polar surface area (TPSA) is 117 Å². The van der Waals surface area contributed by atoms with Gasteiger partial charge in [0, 0.05) is 0 Å². The quantitative estimate of drug-likeness (QED) is 0.375. The number of nitrogens with zero attached hydrogens (tertiary/aromatic N) is 6. The maximum atomic E-state index is 13.9. The van der Waals surface area contributed by atoms with Crippen molar-refractivity contribution >= 4 is 33.8 Å². The second-order valence-corrected chi connectivity index (χ2v) is 8.20. The summed E-state index contributed by atoms with van der Waals surface area (Å²) >= 11 is 0. The number of nitrogen functional groups attached to an aromatic ring is 1. The van der Waals surface area contributed by atoms with Crippen LogP contribution in [0.3, 0.4) is 0 Å². The molecule has 3 aromatic heterocycles. The fourth-order valence-corrected chi connectivity index (χ4v) is 4.22. The van der Waals surface area contributed by atoms with E-state index in [2.05, 4.69) is 38.8 Å². The minimum Gasteiger partial charge on any atom is -0.383 e. The molecule has 0 aliphatic carbocycles. The van der Waals surface area contributed by atoms with Crippen molar-refractivity contribution in [3.05, 3.63) is 88.4 Å². The number of nitrogens with one attached hydrogen (secondary N) is 1. The SMILES string of the molecule is C=Cc1cccc2nc(Cn3nc(C#CCNC)c4c(N)ncnc43)n(-c3ccccc3C)c(=O)c12. The van der Waals surface area contributed by atoms with Gasteiger partial charge in [-0.2, -0.15) is 5.10 Å². The van der Waals surface area contributed by atoms with E-state index in [1.165, 1.54) is 6.33 Å². The zero-order valence-corrected chi connectivity index (χ0v) is 20.0. The molecule has 0 amide bonds. The van der Waals surface area contributed by atoms with Crippen molar-refractivity contribution in [2.75, 3.05) is 19.3 Å². The van der Waals surface area contributed by atoms with Crippen molar-refractivity contribution in [2.45, 2.75) is 13.5 Å². The van der Waals surface area contributed by atoms with E-state index in [4.69, 9.17) is 10.7 Å². The molecule has 0 radical (unpaired) electrons. The Hall–Kier alpha value is -4.81. The number of rotatable bonds is 5. The fraction of sp³-hybridized carbons (Fsp3) is 0.148. The smallest absolute Gasteiger partial charge is 0.266 e. The van der Waals surface area contributed by atoms with Crippen molar-refractivity contribution in [3.63, 3.8) is 0 Å². The number of benzene rings is 2. The second-order valence-electron chi connectivity index (χ2n) is 8.20. The van der Waals surface area contributed by atoms with Gasteiger partial charge >= 0.3 is 0 Å². The van der Waals surface area contributed by atoms with Crippen molar-refractivity contribution < 1.29 is 0 Å². The Kier molecular flexibility index (Phi) is 6.02. The molecule has 0 fully saturated rings. The van der Waals surface area contributed by atoms with Crippen molar-refractivity contribution in [1.82, 2.24) is 34.6 Å². The highest BCUT2D eigenvalue weighted by atomic mass is 16.1. The van der Waals surface area contributed by atoms with E-state index in [0.717, 1.165) is 16.8 Å². The molecule has 0 spiro atoms. The first-order chi connectivity index (χ1) is 17.5. The molecule has 0 atom stereocenters. The van der Waals surface area contributed by atoms with Crippen LogP contribution in [-0.4, -0.2) is 42.9 Å². The van der Waals surface area contributed by atoms with E-state index in [0.29, 0.717) is 45.8 Å². The second kappa shape index (κ2) is 9.44. The summed E-state index contributed by atoms with van der Waals surface area (Å²) in [5.74, 6) is 6.84. The third kappa shape index (κ3) is 3.89. The molecular formula is C27H24N8O. The van der Waals surface area contributed by atoms with Crippen LogP contribution in [0.5, 0.6) is 0 Å². The Morgan fingerprint density at radius 2 is 1.97 bits per heavy atom. The predicted molar refractivity (Wildman–Crippen MR) is 142 cm³/mol. The molecule has 0 saturated heterocycles. The van der Waals surface area contributed by atoms with Crippen LogP contribution >= 0.6 is 0 Å². The molecule has 2 aromatic carbocycles. The molecule has 178 valence electrons. The number of nitrogens with two attached hydrogens (primary N) is 1. The molecule has 3 heterocycles. The summed E-state index contributed by atoms with van der Waals surface area (Å²) in [5.41, 5.74) is 9.96. The summed E-state index contributed by atoms with van der Waals surface area (Å²) in [6, 6.07) is 13.2. The number of para-hydroxylation sites is 1. The summed E-state index contributed by atoms with van der Waals surface area (Å²) in [6.45, 7) is 6.49. The summed E-state index contributed by atoms with van der Waals surface area (Å²) in [5, 5.41) is 8.74. The van der Waals surface area contributed by atoms with Gasteiger partial charge in [0.25, 0.3) is 5.56 Å². The minimum atomic E-state index is -0.181. The van der Waals surface area contributed by atoms with E-state index in [1.54, 1.807) is 15.3 Å². The van der Waals surface area contributed by atoms with E-state index in [1.807, 2.05) is 56.4 Å². The monoisotopic (exact) mass is 476 g/mol. The molecule has 9 heteroatoms. The number of hydrogen-bond donors (Lipinski definition) is 2. The Morgan fingerprint density at radius 3 is 2.75 bits per heavy atom. The lowest BCUT2D eigenvalue weighted by Crippen LogP contribution is -2.26. The van der Waals surface area contributed by atoms with E-state index in [-0.39, 0.29) is 12.1 Å². The lowest BCUT2D eigenvalue weighted by molar-refractivity contribution is 0.647. The highest BCUT2D eigenvalue weighted by Crippen LogP contribution is 2.23. The third-order valence-electron chi connectivity index (χ3n) is 5.90. The van der Waals surface area contributed by atoms with Gasteiger partial charge in [0.2, 0.25) is 0 Å². The van der Waals surface area contributed by atoms with Crippen LogP contribution in [0.25, 0.3) is 33.7 Å². The molecule has 36 heavy (non-hydrogen) atoms. The number of aromatic nitrogens is 6. The maximum Gasteiger partial charge on any atom is 0.266 e. The molecule has 0 aliphatic rings. The van der Waals surface area contributed by atoms with Crippen LogP contribution in [0.15, 0.2) is 60.2 Å². The van der Waals surface area contributed by atoms with Gasteiger partial charge in [-0.1, -0.05) is 48.9 Å². The Morgan fingerprint density at radius 1 is 1.14 bits per heavy atom. The molecule has 0 aliphatic heterocycles. The number of anilines is 1. The zero-order chi connectivity index (χ0) is 25.2. The first kappa shape index (κ1) is 23.0. The van der Waals surface area contributed by atoms with Gasteiger partial charge in [-0.25, -0.2) is 19.6 Å². The van der Waals surface area contributed by atoms with Gasteiger partial charge in [0.05, 0.1) is 28.5 Å². The predicted octanol–water partition coefficient (Wildman–Crippen LogP) is 2.68. The average molecular weight is 477 g/mol. The van der Waals surface area contributed by atoms with E-state index in [9.17, 15) is 4.79 Å². The lowest BCUT2D eigenvalue weighted by Gasteiger charge is -2.16. The number of aryl methyl sites for hydroxylation is 1. The van der Waals surface area contributed by atoms with Crippen LogP contribution in [0.1, 0.15) is 22.6 Å². The summed E-state index contributed by atoms with van der Waals surface area (Å²) in [4.78, 5) is 27.4. The number of fused-ring (bicyclic) bond motifs is 2. The molecule has 5 aromatic rings. The van der Waals surface area contributed by atoms with Crippen LogP contribution in [0, 0.1) is 18.8 Å². The molecular weight excluding hydrogens is 452 g/mol. The van der Waals surface area contributed by atoms with Gasteiger partial charge in [-0.05, 0) is 43.2 Å². The van der Waals surface area contributed by atoms with Crippen LogP contribution < -0.4 is 16.6 Å². The molecule has 3 N–H and O–H groups in total. The molecule has 9 nitrogen and oxygen atoms in total.